The van der Waals surface area contributed by atoms with Crippen molar-refractivity contribution in [1.29, 1.82) is 0 Å². The minimum Gasteiger partial charge on any atom is -0.310 e. The van der Waals surface area contributed by atoms with E-state index in [1.54, 1.807) is 0 Å². The smallest absolute Gasteiger partial charge is 0.0208 e. The summed E-state index contributed by atoms with van der Waals surface area (Å²) in [6, 6.07) is 7.96. The predicted molar refractivity (Wildman–Crippen MR) is 80.8 cm³/mol. The van der Waals surface area contributed by atoms with Crippen LogP contribution in [0.1, 0.15) is 30.9 Å². The number of halogens is 1. The number of hydrogen-bond donors (Lipinski definition) is 1. The van der Waals surface area contributed by atoms with Gasteiger partial charge >= 0.3 is 0 Å². The molecule has 1 aromatic carbocycles. The molecule has 18 heavy (non-hydrogen) atoms. The fourth-order valence-corrected chi connectivity index (χ4v) is 2.80. The second kappa shape index (κ2) is 6.18. The van der Waals surface area contributed by atoms with Crippen molar-refractivity contribution in [3.8, 4) is 0 Å². The molecule has 2 rings (SSSR count). The van der Waals surface area contributed by atoms with Gasteiger partial charge in [-0.3, -0.25) is 0 Å². The van der Waals surface area contributed by atoms with Gasteiger partial charge in [0.15, 0.2) is 0 Å². The van der Waals surface area contributed by atoms with E-state index < -0.39 is 0 Å². The molecule has 1 aromatic rings. The van der Waals surface area contributed by atoms with Gasteiger partial charge in [0.25, 0.3) is 0 Å². The number of benzene rings is 1. The van der Waals surface area contributed by atoms with Gasteiger partial charge in [-0.15, -0.1) is 0 Å². The predicted octanol–water partition coefficient (Wildman–Crippen LogP) is 3.33. The molecule has 1 aliphatic rings. The highest BCUT2D eigenvalue weighted by Gasteiger charge is 2.21. The second-order valence-electron chi connectivity index (χ2n) is 5.52. The third-order valence-corrected chi connectivity index (χ3v) is 4.92. The summed E-state index contributed by atoms with van der Waals surface area (Å²) in [6.07, 6.45) is 2.52. The van der Waals surface area contributed by atoms with Crippen LogP contribution in [0.25, 0.3) is 0 Å². The molecule has 0 spiro atoms. The fourth-order valence-electron chi connectivity index (χ4n) is 2.55. The van der Waals surface area contributed by atoms with Crippen molar-refractivity contribution in [2.75, 3.05) is 13.6 Å². The van der Waals surface area contributed by atoms with Crippen molar-refractivity contribution >= 4 is 15.9 Å². The van der Waals surface area contributed by atoms with Gasteiger partial charge in [-0.1, -0.05) is 28.1 Å². The first-order valence-electron chi connectivity index (χ1n) is 6.75. The molecule has 0 aromatic heterocycles. The molecule has 0 radical (unpaired) electrons. The van der Waals surface area contributed by atoms with E-state index in [1.807, 2.05) is 0 Å². The summed E-state index contributed by atoms with van der Waals surface area (Å²) in [5.41, 5.74) is 2.69. The number of likely N-dealkylation sites (tertiary alicyclic amines) is 1. The Bertz CT molecular complexity index is 405. The molecule has 1 saturated heterocycles. The zero-order valence-corrected chi connectivity index (χ0v) is 13.1. The molecule has 2 nitrogen and oxygen atoms in total. The summed E-state index contributed by atoms with van der Waals surface area (Å²) in [6.45, 7) is 6.65. The average molecular weight is 311 g/mol. The lowest BCUT2D eigenvalue weighted by Gasteiger charge is -2.35. The number of nitrogens with one attached hydrogen (secondary N) is 1. The van der Waals surface area contributed by atoms with Crippen LogP contribution in [0.3, 0.4) is 0 Å². The molecule has 2 atom stereocenters. The van der Waals surface area contributed by atoms with Crippen LogP contribution in [0.15, 0.2) is 22.7 Å². The number of rotatable bonds is 3. The Labute approximate surface area is 119 Å². The van der Waals surface area contributed by atoms with Crippen LogP contribution in [0.2, 0.25) is 0 Å². The van der Waals surface area contributed by atoms with Crippen molar-refractivity contribution in [2.45, 2.75) is 45.3 Å². The third-order valence-electron chi connectivity index (χ3n) is 4.03. The van der Waals surface area contributed by atoms with Gasteiger partial charge < -0.3 is 10.2 Å². The van der Waals surface area contributed by atoms with Crippen molar-refractivity contribution in [3.05, 3.63) is 33.8 Å². The minimum absolute atomic E-state index is 0.667. The summed E-state index contributed by atoms with van der Waals surface area (Å²) in [4.78, 5) is 2.45. The summed E-state index contributed by atoms with van der Waals surface area (Å²) in [5.74, 6) is 0. The van der Waals surface area contributed by atoms with Crippen LogP contribution >= 0.6 is 15.9 Å². The highest BCUT2D eigenvalue weighted by atomic mass is 79.9. The van der Waals surface area contributed by atoms with E-state index in [0.29, 0.717) is 12.1 Å². The molecule has 1 N–H and O–H groups in total. The van der Waals surface area contributed by atoms with Crippen LogP contribution in [0.5, 0.6) is 0 Å². The fraction of sp³-hybridized carbons (Fsp3) is 0.600. The van der Waals surface area contributed by atoms with Gasteiger partial charge in [-0.2, -0.15) is 0 Å². The van der Waals surface area contributed by atoms with Gasteiger partial charge in [-0.05, 0) is 57.5 Å². The van der Waals surface area contributed by atoms with E-state index in [9.17, 15) is 0 Å². The van der Waals surface area contributed by atoms with E-state index in [4.69, 9.17) is 0 Å². The Kier molecular flexibility index (Phi) is 4.82. The molecule has 0 bridgehead atoms. The SMILES string of the molecule is Cc1cc(CNC2CCN(C)C(C)C2)ccc1Br. The molecule has 1 heterocycles. The lowest BCUT2D eigenvalue weighted by molar-refractivity contribution is 0.168. The largest absolute Gasteiger partial charge is 0.310 e. The topological polar surface area (TPSA) is 15.3 Å². The maximum absolute atomic E-state index is 3.69. The molecular weight excluding hydrogens is 288 g/mol. The number of piperidine rings is 1. The average Bonchev–Trinajstić information content (AvgIpc) is 2.35. The van der Waals surface area contributed by atoms with E-state index in [2.05, 4.69) is 65.2 Å². The van der Waals surface area contributed by atoms with Gasteiger partial charge in [0.1, 0.15) is 0 Å². The second-order valence-corrected chi connectivity index (χ2v) is 6.37. The monoisotopic (exact) mass is 310 g/mol. The van der Waals surface area contributed by atoms with Gasteiger partial charge in [0.2, 0.25) is 0 Å². The third kappa shape index (κ3) is 3.56. The normalized spacial score (nSPS) is 25.3. The van der Waals surface area contributed by atoms with Gasteiger partial charge in [0, 0.05) is 23.1 Å². The van der Waals surface area contributed by atoms with Crippen LogP contribution in [0.4, 0.5) is 0 Å². The lowest BCUT2D eigenvalue weighted by Crippen LogP contribution is -2.45. The number of hydrogen-bond acceptors (Lipinski definition) is 2. The summed E-state index contributed by atoms with van der Waals surface area (Å²) in [5, 5.41) is 3.69. The maximum atomic E-state index is 3.69. The van der Waals surface area contributed by atoms with Crippen molar-refractivity contribution < 1.29 is 0 Å². The molecule has 100 valence electrons. The lowest BCUT2D eigenvalue weighted by atomic mass is 9.98. The first-order chi connectivity index (χ1) is 8.56. The van der Waals surface area contributed by atoms with Gasteiger partial charge in [-0.25, -0.2) is 0 Å². The zero-order chi connectivity index (χ0) is 13.1. The van der Waals surface area contributed by atoms with E-state index in [0.717, 1.165) is 6.54 Å². The Balaban J connectivity index is 1.86. The zero-order valence-electron chi connectivity index (χ0n) is 11.5. The van der Waals surface area contributed by atoms with Gasteiger partial charge in [0.05, 0.1) is 0 Å². The van der Waals surface area contributed by atoms with Crippen molar-refractivity contribution in [2.24, 2.45) is 0 Å². The number of aryl methyl sites for hydroxylation is 1. The first kappa shape index (κ1) is 14.0. The molecule has 1 fully saturated rings. The Morgan fingerprint density at radius 1 is 1.44 bits per heavy atom. The highest BCUT2D eigenvalue weighted by molar-refractivity contribution is 9.10. The van der Waals surface area contributed by atoms with E-state index >= 15 is 0 Å². The van der Waals surface area contributed by atoms with Crippen LogP contribution in [0, 0.1) is 6.92 Å². The Morgan fingerprint density at radius 2 is 2.22 bits per heavy atom. The molecule has 0 aliphatic carbocycles. The molecule has 0 amide bonds. The molecule has 1 aliphatic heterocycles. The maximum Gasteiger partial charge on any atom is 0.0208 e. The molecular formula is C15H23BrN2. The highest BCUT2D eigenvalue weighted by Crippen LogP contribution is 2.18. The molecule has 0 saturated carbocycles. The molecule has 2 unspecified atom stereocenters. The summed E-state index contributed by atoms with van der Waals surface area (Å²) >= 11 is 3.55. The van der Waals surface area contributed by atoms with Crippen LogP contribution in [-0.4, -0.2) is 30.6 Å². The quantitative estimate of drug-likeness (QED) is 0.921. The van der Waals surface area contributed by atoms with E-state index in [1.165, 1.54) is 35.0 Å². The first-order valence-corrected chi connectivity index (χ1v) is 7.54. The van der Waals surface area contributed by atoms with E-state index in [-0.39, 0.29) is 0 Å². The minimum atomic E-state index is 0.667. The number of nitrogens with zero attached hydrogens (tertiary/aromatic N) is 1. The summed E-state index contributed by atoms with van der Waals surface area (Å²) < 4.78 is 1.19. The standard InChI is InChI=1S/C15H23BrN2/c1-11-8-13(4-5-15(11)16)10-17-14-6-7-18(3)12(2)9-14/h4-5,8,12,14,17H,6-7,9-10H2,1-3H3. The Morgan fingerprint density at radius 3 is 2.89 bits per heavy atom. The van der Waals surface area contributed by atoms with Crippen molar-refractivity contribution in [1.82, 2.24) is 10.2 Å². The Hall–Kier alpha value is -0.380. The van der Waals surface area contributed by atoms with Crippen LogP contribution < -0.4 is 5.32 Å². The summed E-state index contributed by atoms with van der Waals surface area (Å²) in [7, 11) is 2.22. The van der Waals surface area contributed by atoms with Crippen molar-refractivity contribution in [3.63, 3.8) is 0 Å². The van der Waals surface area contributed by atoms with Crippen LogP contribution in [-0.2, 0) is 6.54 Å². The molecule has 3 heteroatoms.